The predicted octanol–water partition coefficient (Wildman–Crippen LogP) is 3.10. The summed E-state index contributed by atoms with van der Waals surface area (Å²) in [4.78, 5) is 22.9. The average Bonchev–Trinajstić information content (AvgIpc) is 2.24. The van der Waals surface area contributed by atoms with Gasteiger partial charge in [-0.25, -0.2) is 9.59 Å². The third kappa shape index (κ3) is 4.90. The average molecular weight is 330 g/mol. The summed E-state index contributed by atoms with van der Waals surface area (Å²) in [6.07, 6.45) is -0.768. The van der Waals surface area contributed by atoms with Crippen molar-refractivity contribution in [2.24, 2.45) is 0 Å². The Kier molecular flexibility index (Phi) is 4.94. The van der Waals surface area contributed by atoms with Gasteiger partial charge in [-0.05, 0) is 32.4 Å². The molecule has 0 radical (unpaired) electrons. The van der Waals surface area contributed by atoms with Crippen molar-refractivity contribution in [1.82, 2.24) is 5.32 Å². The van der Waals surface area contributed by atoms with Crippen LogP contribution in [0.25, 0.3) is 0 Å². The van der Waals surface area contributed by atoms with Crippen LogP contribution in [0.4, 0.5) is 4.79 Å². The summed E-state index contributed by atoms with van der Waals surface area (Å²) in [5.74, 6) is -1.15. The molecule has 0 aliphatic heterocycles. The Bertz CT molecular complexity index is 482. The number of alkyl carbamates (subject to hydrolysis) is 1. The van der Waals surface area contributed by atoms with Gasteiger partial charge in [0.15, 0.2) is 6.04 Å². The van der Waals surface area contributed by atoms with Gasteiger partial charge in [0.1, 0.15) is 5.60 Å². The van der Waals surface area contributed by atoms with Crippen LogP contribution in [0.1, 0.15) is 32.4 Å². The zero-order valence-corrected chi connectivity index (χ0v) is 12.5. The number of ether oxygens (including phenoxy) is 1. The van der Waals surface area contributed by atoms with E-state index in [0.717, 1.165) is 0 Å². The van der Waals surface area contributed by atoms with Crippen molar-refractivity contribution < 1.29 is 19.4 Å². The molecule has 1 amide bonds. The Hall–Kier alpha value is -1.56. The van der Waals surface area contributed by atoms with E-state index in [1.54, 1.807) is 45.0 Å². The van der Waals surface area contributed by atoms with E-state index >= 15 is 0 Å². The highest BCUT2D eigenvalue weighted by atomic mass is 79.9. The van der Waals surface area contributed by atoms with Gasteiger partial charge in [-0.2, -0.15) is 0 Å². The van der Waals surface area contributed by atoms with E-state index in [2.05, 4.69) is 21.2 Å². The molecule has 1 atom stereocenters. The molecule has 0 saturated carbocycles. The second-order valence-corrected chi connectivity index (χ2v) is 5.79. The van der Waals surface area contributed by atoms with Crippen molar-refractivity contribution >= 4 is 28.0 Å². The SMILES string of the molecule is CC(C)(C)OC(=O)N[C@@H](C(=O)O)c1ccccc1Br. The Morgan fingerprint density at radius 3 is 2.37 bits per heavy atom. The van der Waals surface area contributed by atoms with Gasteiger partial charge in [0.25, 0.3) is 0 Å². The van der Waals surface area contributed by atoms with Crippen LogP contribution in [0.3, 0.4) is 0 Å². The number of halogens is 1. The summed E-state index contributed by atoms with van der Waals surface area (Å²) in [5, 5.41) is 11.5. The van der Waals surface area contributed by atoms with Crippen LogP contribution in [-0.2, 0) is 9.53 Å². The number of carbonyl (C=O) groups is 2. The molecule has 0 bridgehead atoms. The number of benzene rings is 1. The fourth-order valence-corrected chi connectivity index (χ4v) is 1.92. The predicted molar refractivity (Wildman–Crippen MR) is 73.9 cm³/mol. The summed E-state index contributed by atoms with van der Waals surface area (Å²) in [5.41, 5.74) is -0.220. The van der Waals surface area contributed by atoms with Crippen molar-refractivity contribution in [3.05, 3.63) is 34.3 Å². The lowest BCUT2D eigenvalue weighted by molar-refractivity contribution is -0.139. The first-order chi connectivity index (χ1) is 8.70. The first-order valence-electron chi connectivity index (χ1n) is 5.67. The lowest BCUT2D eigenvalue weighted by atomic mass is 10.1. The number of hydrogen-bond acceptors (Lipinski definition) is 3. The molecule has 6 heteroatoms. The Morgan fingerprint density at radius 2 is 1.89 bits per heavy atom. The van der Waals surface area contributed by atoms with Gasteiger partial charge >= 0.3 is 12.1 Å². The highest BCUT2D eigenvalue weighted by Gasteiger charge is 2.26. The summed E-state index contributed by atoms with van der Waals surface area (Å²) in [6, 6.07) is 5.64. The van der Waals surface area contributed by atoms with Gasteiger partial charge in [-0.1, -0.05) is 34.1 Å². The van der Waals surface area contributed by atoms with Crippen LogP contribution in [0.15, 0.2) is 28.7 Å². The monoisotopic (exact) mass is 329 g/mol. The third-order valence-electron chi connectivity index (χ3n) is 2.12. The fourth-order valence-electron chi connectivity index (χ4n) is 1.41. The minimum atomic E-state index is -1.16. The van der Waals surface area contributed by atoms with E-state index in [4.69, 9.17) is 4.74 Å². The van der Waals surface area contributed by atoms with Gasteiger partial charge in [-0.3, -0.25) is 0 Å². The number of aliphatic carboxylic acids is 1. The molecular formula is C13H16BrNO4. The maximum absolute atomic E-state index is 11.6. The summed E-state index contributed by atoms with van der Waals surface area (Å²) >= 11 is 3.26. The molecule has 1 aromatic carbocycles. The van der Waals surface area contributed by atoms with Crippen molar-refractivity contribution in [3.8, 4) is 0 Å². The largest absolute Gasteiger partial charge is 0.479 e. The normalized spacial score (nSPS) is 12.6. The molecule has 0 heterocycles. The van der Waals surface area contributed by atoms with E-state index < -0.39 is 23.7 Å². The second-order valence-electron chi connectivity index (χ2n) is 4.94. The quantitative estimate of drug-likeness (QED) is 0.893. The van der Waals surface area contributed by atoms with Crippen LogP contribution < -0.4 is 5.32 Å². The molecule has 5 nitrogen and oxygen atoms in total. The fraction of sp³-hybridized carbons (Fsp3) is 0.385. The number of amides is 1. The molecule has 2 N–H and O–H groups in total. The van der Waals surface area contributed by atoms with Crippen molar-refractivity contribution in [1.29, 1.82) is 0 Å². The van der Waals surface area contributed by atoms with E-state index in [9.17, 15) is 14.7 Å². The van der Waals surface area contributed by atoms with Crippen molar-refractivity contribution in [2.75, 3.05) is 0 Å². The molecule has 0 aliphatic carbocycles. The van der Waals surface area contributed by atoms with E-state index in [1.165, 1.54) is 0 Å². The molecule has 0 saturated heterocycles. The molecule has 1 aromatic rings. The minimum Gasteiger partial charge on any atom is -0.479 e. The lowest BCUT2D eigenvalue weighted by Gasteiger charge is -2.22. The van der Waals surface area contributed by atoms with Gasteiger partial charge in [-0.15, -0.1) is 0 Å². The molecule has 104 valence electrons. The first-order valence-corrected chi connectivity index (χ1v) is 6.47. The van der Waals surface area contributed by atoms with Crippen LogP contribution in [-0.4, -0.2) is 22.8 Å². The van der Waals surface area contributed by atoms with Gasteiger partial charge in [0.05, 0.1) is 0 Å². The molecule has 0 spiro atoms. The molecule has 0 aliphatic rings. The molecule has 0 fully saturated rings. The molecule has 0 aromatic heterocycles. The second kappa shape index (κ2) is 6.06. The van der Waals surface area contributed by atoms with E-state index in [-0.39, 0.29) is 0 Å². The van der Waals surface area contributed by atoms with Crippen LogP contribution in [0.5, 0.6) is 0 Å². The third-order valence-corrected chi connectivity index (χ3v) is 2.85. The standard InChI is InChI=1S/C13H16BrNO4/c1-13(2,3)19-12(18)15-10(11(16)17)8-6-4-5-7-9(8)14/h4-7,10H,1-3H3,(H,15,18)(H,16,17)/t10-/m1/s1. The number of carbonyl (C=O) groups excluding carboxylic acids is 1. The van der Waals surface area contributed by atoms with Gasteiger partial charge in [0, 0.05) is 4.47 Å². The maximum Gasteiger partial charge on any atom is 0.408 e. The van der Waals surface area contributed by atoms with E-state index in [1.807, 2.05) is 0 Å². The van der Waals surface area contributed by atoms with Gasteiger partial charge < -0.3 is 15.2 Å². The number of carboxylic acids is 1. The smallest absolute Gasteiger partial charge is 0.408 e. The minimum absolute atomic E-state index is 0.459. The van der Waals surface area contributed by atoms with Gasteiger partial charge in [0.2, 0.25) is 0 Å². The number of nitrogens with one attached hydrogen (secondary N) is 1. The first kappa shape index (κ1) is 15.5. The highest BCUT2D eigenvalue weighted by Crippen LogP contribution is 2.23. The summed E-state index contributed by atoms with van der Waals surface area (Å²) in [6.45, 7) is 5.13. The molecular weight excluding hydrogens is 314 g/mol. The van der Waals surface area contributed by atoms with Crippen molar-refractivity contribution in [2.45, 2.75) is 32.4 Å². The molecule has 0 unspecified atom stereocenters. The van der Waals surface area contributed by atoms with Crippen LogP contribution in [0.2, 0.25) is 0 Å². The Balaban J connectivity index is 2.89. The highest BCUT2D eigenvalue weighted by molar-refractivity contribution is 9.10. The lowest BCUT2D eigenvalue weighted by Crippen LogP contribution is -2.38. The maximum atomic E-state index is 11.6. The zero-order chi connectivity index (χ0) is 14.6. The Labute approximate surface area is 120 Å². The summed E-state index contributed by atoms with van der Waals surface area (Å²) < 4.78 is 5.66. The zero-order valence-electron chi connectivity index (χ0n) is 10.9. The Morgan fingerprint density at radius 1 is 1.32 bits per heavy atom. The number of carboxylic acid groups (broad SMARTS) is 1. The van der Waals surface area contributed by atoms with Crippen molar-refractivity contribution in [3.63, 3.8) is 0 Å². The van der Waals surface area contributed by atoms with E-state index in [0.29, 0.717) is 10.0 Å². The topological polar surface area (TPSA) is 75.6 Å². The number of rotatable bonds is 3. The van der Waals surface area contributed by atoms with Crippen LogP contribution >= 0.6 is 15.9 Å². The molecule has 19 heavy (non-hydrogen) atoms. The number of hydrogen-bond donors (Lipinski definition) is 2. The molecule has 1 rings (SSSR count). The van der Waals surface area contributed by atoms with Crippen LogP contribution in [0, 0.1) is 0 Å². The summed E-state index contributed by atoms with van der Waals surface area (Å²) in [7, 11) is 0.